The van der Waals surface area contributed by atoms with Crippen molar-refractivity contribution in [2.75, 3.05) is 25.5 Å². The van der Waals surface area contributed by atoms with Crippen molar-refractivity contribution in [1.29, 1.82) is 0 Å². The van der Waals surface area contributed by atoms with Crippen molar-refractivity contribution in [2.45, 2.75) is 65.7 Å². The van der Waals surface area contributed by atoms with Gasteiger partial charge in [-0.05, 0) is 75.9 Å². The lowest BCUT2D eigenvalue weighted by atomic mass is 10.1. The molecule has 9 heteroatoms. The van der Waals surface area contributed by atoms with Crippen LogP contribution in [0, 0.1) is 6.92 Å². The van der Waals surface area contributed by atoms with E-state index in [0.29, 0.717) is 5.75 Å². The second kappa shape index (κ2) is 15.4. The third-order valence-corrected chi connectivity index (χ3v) is 7.75. The third kappa shape index (κ3) is 9.63. The molecule has 5 rings (SSSR count). The van der Waals surface area contributed by atoms with Gasteiger partial charge in [0.25, 0.3) is 5.91 Å². The molecule has 0 unspecified atom stereocenters. The molecule has 4 aromatic rings. The van der Waals surface area contributed by atoms with Crippen molar-refractivity contribution in [3.63, 3.8) is 0 Å². The first-order chi connectivity index (χ1) is 20.0. The average molecular weight is 594 g/mol. The highest BCUT2D eigenvalue weighted by Gasteiger charge is 2.19. The summed E-state index contributed by atoms with van der Waals surface area (Å²) in [5.74, 6) is 0.844. The highest BCUT2D eigenvalue weighted by Crippen LogP contribution is 2.26. The number of amides is 2. The number of nitrogens with zero attached hydrogens (tertiary/aromatic N) is 2. The zero-order chi connectivity index (χ0) is 30.7. The number of aromatic nitrogens is 1. The van der Waals surface area contributed by atoms with Crippen LogP contribution < -0.4 is 10.1 Å². The number of rotatable bonds is 6. The molecule has 2 aromatic heterocycles. The van der Waals surface area contributed by atoms with Crippen molar-refractivity contribution in [1.82, 2.24) is 9.47 Å². The second-order valence-electron chi connectivity index (χ2n) is 11.0. The van der Waals surface area contributed by atoms with Gasteiger partial charge >= 0.3 is 0 Å². The van der Waals surface area contributed by atoms with E-state index in [-0.39, 0.29) is 23.4 Å². The summed E-state index contributed by atoms with van der Waals surface area (Å²) in [4.78, 5) is 25.9. The zero-order valence-corrected chi connectivity index (χ0v) is 26.2. The van der Waals surface area contributed by atoms with Gasteiger partial charge in [0.15, 0.2) is 0 Å². The van der Waals surface area contributed by atoms with Crippen molar-refractivity contribution >= 4 is 39.6 Å². The van der Waals surface area contributed by atoms with Crippen LogP contribution in [0.5, 0.6) is 11.5 Å². The number of thiophene rings is 1. The number of piperidine rings is 1. The number of likely N-dealkylation sites (tertiary alicyclic amines) is 1. The summed E-state index contributed by atoms with van der Waals surface area (Å²) in [5, 5.41) is 15.5. The minimum atomic E-state index is -0.0513. The molecule has 2 amide bonds. The number of phenolic OH excluding ortho intramolecular Hbond substituents is 1. The largest absolute Gasteiger partial charge is 0.508 e. The van der Waals surface area contributed by atoms with Crippen LogP contribution in [0.3, 0.4) is 0 Å². The van der Waals surface area contributed by atoms with Gasteiger partial charge in [-0.25, -0.2) is 0 Å². The molecule has 8 nitrogen and oxygen atoms in total. The number of carbonyl (C=O) groups excluding carboxylic acids is 2. The number of benzene rings is 2. The molecule has 0 spiro atoms. The Morgan fingerprint density at radius 2 is 1.79 bits per heavy atom. The minimum absolute atomic E-state index is 0.0417. The van der Waals surface area contributed by atoms with E-state index in [1.807, 2.05) is 64.1 Å². The maximum absolute atomic E-state index is 12.5. The minimum Gasteiger partial charge on any atom is -0.508 e. The number of anilines is 1. The van der Waals surface area contributed by atoms with Crippen LogP contribution in [0.2, 0.25) is 0 Å². The van der Waals surface area contributed by atoms with Gasteiger partial charge in [0.05, 0.1) is 5.60 Å². The number of aryl methyl sites for hydroxylation is 2. The Balaban J connectivity index is 0.000000197. The maximum atomic E-state index is 12.5. The molecule has 226 valence electrons. The van der Waals surface area contributed by atoms with Crippen molar-refractivity contribution in [2.24, 2.45) is 0 Å². The molecule has 42 heavy (non-hydrogen) atoms. The topological polar surface area (TPSA) is 93.0 Å². The highest BCUT2D eigenvalue weighted by molar-refractivity contribution is 7.16. The van der Waals surface area contributed by atoms with Gasteiger partial charge in [0, 0.05) is 56.7 Å². The number of carbonyl (C=O) groups is 2. The number of hydrogen-bond acceptors (Lipinski definition) is 6. The molecule has 0 radical (unpaired) electrons. The van der Waals surface area contributed by atoms with Crippen LogP contribution in [0.1, 0.15) is 56.6 Å². The average Bonchev–Trinajstić information content (AvgIpc) is 3.57. The fourth-order valence-electron chi connectivity index (χ4n) is 4.22. The normalized spacial score (nSPS) is 13.4. The molecule has 0 bridgehead atoms. The summed E-state index contributed by atoms with van der Waals surface area (Å²) in [6.45, 7) is 12.4. The Bertz CT molecular complexity index is 1430. The summed E-state index contributed by atoms with van der Waals surface area (Å²) in [6.07, 6.45) is 2.70. The van der Waals surface area contributed by atoms with Gasteiger partial charge in [-0.15, -0.1) is 11.3 Å². The van der Waals surface area contributed by atoms with Crippen LogP contribution in [-0.2, 0) is 16.1 Å². The molecule has 0 atom stereocenters. The van der Waals surface area contributed by atoms with Gasteiger partial charge in [-0.1, -0.05) is 24.3 Å². The molecule has 2 aromatic carbocycles. The van der Waals surface area contributed by atoms with E-state index in [9.17, 15) is 14.7 Å². The predicted octanol–water partition coefficient (Wildman–Crippen LogP) is 7.11. The van der Waals surface area contributed by atoms with E-state index < -0.39 is 0 Å². The Hall–Kier alpha value is -3.82. The molecular formula is C33H43N3O5S. The van der Waals surface area contributed by atoms with Gasteiger partial charge in [-0.2, -0.15) is 0 Å². The first kappa shape index (κ1) is 32.7. The number of nitrogens with one attached hydrogen (secondary N) is 1. The number of ether oxygens (including phenoxy) is 2. The van der Waals surface area contributed by atoms with E-state index in [1.54, 1.807) is 41.5 Å². The summed E-state index contributed by atoms with van der Waals surface area (Å²) in [7, 11) is 1.71. The molecule has 1 fully saturated rings. The number of hydrogen-bond donors (Lipinski definition) is 2. The number of phenols is 1. The van der Waals surface area contributed by atoms with Gasteiger partial charge < -0.3 is 29.4 Å². The number of para-hydroxylation sites is 1. The zero-order valence-electron chi connectivity index (χ0n) is 25.4. The molecule has 0 aliphatic carbocycles. The first-order valence-corrected chi connectivity index (χ1v) is 15.1. The van der Waals surface area contributed by atoms with E-state index >= 15 is 0 Å². The molecule has 2 N–H and O–H groups in total. The van der Waals surface area contributed by atoms with Gasteiger partial charge in [-0.3, -0.25) is 9.59 Å². The second-order valence-corrected chi connectivity index (χ2v) is 11.9. The van der Waals surface area contributed by atoms with Crippen LogP contribution in [0.15, 0.2) is 66.0 Å². The molecule has 1 aliphatic heterocycles. The van der Waals surface area contributed by atoms with Crippen LogP contribution in [0.4, 0.5) is 5.69 Å². The van der Waals surface area contributed by atoms with Gasteiger partial charge in [0.1, 0.15) is 28.1 Å². The van der Waals surface area contributed by atoms with Crippen LogP contribution in [-0.4, -0.2) is 58.8 Å². The summed E-state index contributed by atoms with van der Waals surface area (Å²) in [6, 6.07) is 18.6. The molecular weight excluding hydrogens is 550 g/mol. The van der Waals surface area contributed by atoms with E-state index in [0.717, 1.165) is 66.0 Å². The fraction of sp³-hybridized carbons (Fsp3) is 0.394. The third-order valence-electron chi connectivity index (χ3n) is 6.80. The lowest BCUT2D eigenvalue weighted by molar-refractivity contribution is -0.119. The fourth-order valence-corrected chi connectivity index (χ4v) is 5.19. The highest BCUT2D eigenvalue weighted by atomic mass is 32.1. The quantitative estimate of drug-likeness (QED) is 0.233. The van der Waals surface area contributed by atoms with Crippen molar-refractivity contribution < 1.29 is 24.2 Å². The van der Waals surface area contributed by atoms with Crippen LogP contribution >= 0.6 is 11.3 Å². The summed E-state index contributed by atoms with van der Waals surface area (Å²) < 4.78 is 12.7. The lowest BCUT2D eigenvalue weighted by Crippen LogP contribution is -2.37. The smallest absolute Gasteiger partial charge is 0.272 e. The summed E-state index contributed by atoms with van der Waals surface area (Å²) >= 11 is 1.67. The van der Waals surface area contributed by atoms with Crippen molar-refractivity contribution in [3.05, 3.63) is 77.3 Å². The predicted molar refractivity (Wildman–Crippen MR) is 171 cm³/mol. The number of fused-ring (bicyclic) bond motifs is 1. The Morgan fingerprint density at radius 1 is 1.10 bits per heavy atom. The molecule has 0 saturated carbocycles. The standard InChI is InChI=1S/C16H16N2OS.C12H15NO3.C5H12O/c1-3-18-14(10-12-8-9-20-16(12)18)15(19)17-13-7-5-4-6-11(13)2;14-9-13-6-4-11(5-7-13)16-12-3-1-2-10(15)8-12;1-5(2,3)6-4/h4-10H,3H2,1-2H3,(H,17,19);1-3,8-9,11,15H,4-7H2;1-4H3. The van der Waals surface area contributed by atoms with E-state index in [1.165, 1.54) is 0 Å². The first-order valence-electron chi connectivity index (χ1n) is 14.2. The van der Waals surface area contributed by atoms with E-state index in [2.05, 4.69) is 28.3 Å². The maximum Gasteiger partial charge on any atom is 0.272 e. The molecule has 1 saturated heterocycles. The van der Waals surface area contributed by atoms with Crippen molar-refractivity contribution in [3.8, 4) is 11.5 Å². The Morgan fingerprint density at radius 3 is 2.38 bits per heavy atom. The summed E-state index contributed by atoms with van der Waals surface area (Å²) in [5.41, 5.74) is 2.69. The number of methoxy groups -OCH3 is 1. The van der Waals surface area contributed by atoms with Crippen LogP contribution in [0.25, 0.3) is 10.2 Å². The Labute approximate surface area is 252 Å². The monoisotopic (exact) mass is 593 g/mol. The van der Waals surface area contributed by atoms with Gasteiger partial charge in [0.2, 0.25) is 6.41 Å². The number of aromatic hydroxyl groups is 1. The molecule has 3 heterocycles. The SMILES string of the molecule is CCn1c(C(=O)Nc2ccccc2C)cc2ccsc21.COC(C)(C)C.O=CN1CCC(Oc2cccc(O)c2)CC1. The van der Waals surface area contributed by atoms with E-state index in [4.69, 9.17) is 9.47 Å². The Kier molecular flexibility index (Phi) is 12.0. The lowest BCUT2D eigenvalue weighted by Gasteiger charge is -2.29. The molecule has 1 aliphatic rings.